The van der Waals surface area contributed by atoms with Gasteiger partial charge in [0.2, 0.25) is 5.82 Å². The monoisotopic (exact) mass is 538 g/mol. The highest BCUT2D eigenvalue weighted by Crippen LogP contribution is 2.37. The van der Waals surface area contributed by atoms with Crippen LogP contribution in [0.2, 0.25) is 0 Å². The van der Waals surface area contributed by atoms with Crippen LogP contribution in [0.3, 0.4) is 0 Å². The van der Waals surface area contributed by atoms with E-state index < -0.39 is 40.7 Å². The first kappa shape index (κ1) is 22.0. The second-order valence-electron chi connectivity index (χ2n) is 6.01. The maximum absolute atomic E-state index is 14.1. The number of hydrogen-bond acceptors (Lipinski definition) is 4. The molecule has 30 heavy (non-hydrogen) atoms. The van der Waals surface area contributed by atoms with E-state index in [1.807, 2.05) is 22.6 Å². The number of rotatable bonds is 4. The van der Waals surface area contributed by atoms with Crippen LogP contribution in [0.25, 0.3) is 6.08 Å². The van der Waals surface area contributed by atoms with Crippen LogP contribution in [0.1, 0.15) is 12.5 Å². The number of nitrogens with zero attached hydrogens (tertiary/aromatic N) is 2. The lowest BCUT2D eigenvalue weighted by atomic mass is 10.1. The van der Waals surface area contributed by atoms with Gasteiger partial charge in [0.1, 0.15) is 5.69 Å². The van der Waals surface area contributed by atoms with Gasteiger partial charge in [-0.1, -0.05) is 0 Å². The molecule has 0 bridgehead atoms. The van der Waals surface area contributed by atoms with Crippen LogP contribution in [0, 0.1) is 32.7 Å². The fourth-order valence-electron chi connectivity index (χ4n) is 2.84. The highest BCUT2D eigenvalue weighted by molar-refractivity contribution is 14.1. The van der Waals surface area contributed by atoms with E-state index in [2.05, 4.69) is 5.10 Å². The molecular weight excluding hydrogens is 526 g/mol. The molecule has 0 saturated carbocycles. The molecule has 158 valence electrons. The minimum atomic E-state index is -2.33. The molecule has 11 heteroatoms. The zero-order chi connectivity index (χ0) is 22.3. The van der Waals surface area contributed by atoms with Crippen molar-refractivity contribution in [2.45, 2.75) is 6.92 Å². The van der Waals surface area contributed by atoms with Crippen molar-refractivity contribution in [2.75, 3.05) is 19.2 Å². The van der Waals surface area contributed by atoms with Gasteiger partial charge in [0.15, 0.2) is 34.8 Å². The molecule has 0 aliphatic carbocycles. The fraction of sp³-hybridized carbons (Fsp3) is 0.158. The Labute approximate surface area is 180 Å². The van der Waals surface area contributed by atoms with Crippen molar-refractivity contribution in [3.05, 3.63) is 55.9 Å². The van der Waals surface area contributed by atoms with Crippen molar-refractivity contribution >= 4 is 46.0 Å². The predicted octanol–water partition coefficient (Wildman–Crippen LogP) is 4.81. The van der Waals surface area contributed by atoms with Crippen molar-refractivity contribution < 1.29 is 36.2 Å². The summed E-state index contributed by atoms with van der Waals surface area (Å²) in [5.41, 5.74) is -1.19. The van der Waals surface area contributed by atoms with E-state index in [1.54, 1.807) is 12.1 Å². The first-order chi connectivity index (χ1) is 14.1. The van der Waals surface area contributed by atoms with E-state index in [-0.39, 0.29) is 22.0 Å². The minimum absolute atomic E-state index is 0.00354. The molecule has 1 aliphatic rings. The van der Waals surface area contributed by atoms with Crippen molar-refractivity contribution in [1.82, 2.24) is 0 Å². The maximum atomic E-state index is 14.1. The summed E-state index contributed by atoms with van der Waals surface area (Å²) >= 11 is 2.01. The number of carbonyl (C=O) groups is 1. The van der Waals surface area contributed by atoms with Gasteiger partial charge >= 0.3 is 0 Å². The highest BCUT2D eigenvalue weighted by atomic mass is 127. The SMILES string of the molecule is COc1cc(I)cc(/C=C2\C(=O)N(c3c(F)c(F)c(F)c(F)c3F)N=C2C)c1OC. The molecule has 2 aromatic rings. The Kier molecular flexibility index (Phi) is 6.01. The smallest absolute Gasteiger partial charge is 0.280 e. The molecule has 0 aromatic heterocycles. The van der Waals surface area contributed by atoms with Gasteiger partial charge in [-0.2, -0.15) is 10.1 Å². The number of hydrogen-bond donors (Lipinski definition) is 0. The third-order valence-corrected chi connectivity index (χ3v) is 4.86. The fourth-order valence-corrected chi connectivity index (χ4v) is 3.46. The molecule has 1 heterocycles. The van der Waals surface area contributed by atoms with Crippen LogP contribution in [0.15, 0.2) is 22.8 Å². The molecule has 0 saturated heterocycles. The molecule has 1 amide bonds. The van der Waals surface area contributed by atoms with Crippen LogP contribution in [0.4, 0.5) is 27.6 Å². The summed E-state index contributed by atoms with van der Waals surface area (Å²) in [5.74, 6) is -11.4. The highest BCUT2D eigenvalue weighted by Gasteiger charge is 2.37. The van der Waals surface area contributed by atoms with E-state index in [4.69, 9.17) is 9.47 Å². The Balaban J connectivity index is 2.14. The van der Waals surface area contributed by atoms with Crippen LogP contribution in [0.5, 0.6) is 11.5 Å². The third kappa shape index (κ3) is 3.50. The van der Waals surface area contributed by atoms with Gasteiger partial charge in [-0.15, -0.1) is 0 Å². The summed E-state index contributed by atoms with van der Waals surface area (Å²) in [7, 11) is 2.80. The number of hydrazone groups is 1. The zero-order valence-electron chi connectivity index (χ0n) is 15.6. The van der Waals surface area contributed by atoms with Gasteiger partial charge in [0.25, 0.3) is 5.91 Å². The molecule has 0 fully saturated rings. The molecule has 3 rings (SSSR count). The predicted molar refractivity (Wildman–Crippen MR) is 107 cm³/mol. The first-order valence-corrected chi connectivity index (χ1v) is 9.24. The van der Waals surface area contributed by atoms with E-state index in [0.29, 0.717) is 11.3 Å². The van der Waals surface area contributed by atoms with E-state index in [9.17, 15) is 26.7 Å². The number of halogens is 6. The van der Waals surface area contributed by atoms with Crippen molar-refractivity contribution in [3.8, 4) is 11.5 Å². The second-order valence-corrected chi connectivity index (χ2v) is 7.26. The number of amides is 1. The van der Waals surface area contributed by atoms with Gasteiger partial charge in [0.05, 0.1) is 25.5 Å². The Morgan fingerprint density at radius 2 is 1.53 bits per heavy atom. The number of benzene rings is 2. The van der Waals surface area contributed by atoms with Crippen molar-refractivity contribution in [1.29, 1.82) is 0 Å². The number of methoxy groups -OCH3 is 2. The molecule has 0 radical (unpaired) electrons. The van der Waals surface area contributed by atoms with Crippen LogP contribution in [-0.2, 0) is 4.79 Å². The summed E-state index contributed by atoms with van der Waals surface area (Å²) in [6.07, 6.45) is 1.33. The van der Waals surface area contributed by atoms with E-state index >= 15 is 0 Å². The number of anilines is 1. The average Bonchev–Trinajstić information content (AvgIpc) is 2.98. The summed E-state index contributed by atoms with van der Waals surface area (Å²) in [6.45, 7) is 1.35. The summed E-state index contributed by atoms with van der Waals surface area (Å²) in [6, 6.07) is 3.33. The lowest BCUT2D eigenvalue weighted by Gasteiger charge is -2.15. The van der Waals surface area contributed by atoms with Gasteiger partial charge < -0.3 is 9.47 Å². The van der Waals surface area contributed by atoms with Gasteiger partial charge in [0, 0.05) is 9.13 Å². The minimum Gasteiger partial charge on any atom is -0.493 e. The molecule has 0 spiro atoms. The van der Waals surface area contributed by atoms with E-state index in [0.717, 1.165) is 3.57 Å². The van der Waals surface area contributed by atoms with Crippen LogP contribution >= 0.6 is 22.6 Å². The second kappa shape index (κ2) is 8.20. The quantitative estimate of drug-likeness (QED) is 0.185. The average molecular weight is 538 g/mol. The lowest BCUT2D eigenvalue weighted by molar-refractivity contribution is -0.114. The van der Waals surface area contributed by atoms with Gasteiger partial charge in [-0.05, 0) is 47.7 Å². The molecule has 0 unspecified atom stereocenters. The topological polar surface area (TPSA) is 51.1 Å². The zero-order valence-corrected chi connectivity index (χ0v) is 17.8. The van der Waals surface area contributed by atoms with Crippen molar-refractivity contribution in [2.24, 2.45) is 5.10 Å². The molecule has 0 atom stereocenters. The van der Waals surface area contributed by atoms with Gasteiger partial charge in [-0.25, -0.2) is 22.0 Å². The largest absolute Gasteiger partial charge is 0.493 e. The standard InChI is InChI=1S/C19H12F5IN2O3/c1-7-10(5-8-4-9(25)6-11(29-2)18(8)30-3)19(28)27(26-7)17-15(23)13(21)12(20)14(22)16(17)24/h4-6H,1-3H3/b10-5-. The molecule has 0 N–H and O–H groups in total. The van der Waals surface area contributed by atoms with Crippen LogP contribution < -0.4 is 14.5 Å². The van der Waals surface area contributed by atoms with Crippen LogP contribution in [-0.4, -0.2) is 25.8 Å². The first-order valence-electron chi connectivity index (χ1n) is 8.17. The summed E-state index contributed by atoms with van der Waals surface area (Å²) in [4.78, 5) is 12.8. The molecule has 5 nitrogen and oxygen atoms in total. The molecule has 2 aromatic carbocycles. The Morgan fingerprint density at radius 3 is 2.07 bits per heavy atom. The Hall–Kier alpha value is -2.70. The van der Waals surface area contributed by atoms with Crippen molar-refractivity contribution in [3.63, 3.8) is 0 Å². The van der Waals surface area contributed by atoms with E-state index in [1.165, 1.54) is 27.2 Å². The Bertz CT molecular complexity index is 1100. The molecular formula is C19H12F5IN2O3. The Morgan fingerprint density at radius 1 is 0.967 bits per heavy atom. The third-order valence-electron chi connectivity index (χ3n) is 4.23. The normalized spacial score (nSPS) is 15.1. The maximum Gasteiger partial charge on any atom is 0.280 e. The summed E-state index contributed by atoms with van der Waals surface area (Å²) in [5, 5.41) is 3.84. The lowest BCUT2D eigenvalue weighted by Crippen LogP contribution is -2.25. The summed E-state index contributed by atoms with van der Waals surface area (Å²) < 4.78 is 80.0. The van der Waals surface area contributed by atoms with Gasteiger partial charge in [-0.3, -0.25) is 4.79 Å². The number of ether oxygens (including phenoxy) is 2. The molecule has 1 aliphatic heterocycles. The number of carbonyl (C=O) groups excluding carboxylic acids is 1.